The van der Waals surface area contributed by atoms with Crippen molar-refractivity contribution in [3.63, 3.8) is 0 Å². The second kappa shape index (κ2) is 5.84. The molecule has 17 heavy (non-hydrogen) atoms. The van der Waals surface area contributed by atoms with Crippen LogP contribution in [0.1, 0.15) is 11.1 Å². The van der Waals surface area contributed by atoms with Gasteiger partial charge in [0, 0.05) is 17.2 Å². The number of benzene rings is 2. The summed E-state index contributed by atoms with van der Waals surface area (Å²) in [5.74, 6) is 0.580. The maximum atomic E-state index is 13.4. The van der Waals surface area contributed by atoms with Crippen LogP contribution >= 0.6 is 11.8 Å². The van der Waals surface area contributed by atoms with Gasteiger partial charge < -0.3 is 5.73 Å². The summed E-state index contributed by atoms with van der Waals surface area (Å²) < 4.78 is 13.4. The second-order valence-corrected chi connectivity index (χ2v) is 4.71. The van der Waals surface area contributed by atoms with Gasteiger partial charge in [0.2, 0.25) is 0 Å². The highest BCUT2D eigenvalue weighted by molar-refractivity contribution is 7.98. The van der Waals surface area contributed by atoms with Crippen LogP contribution in [0.15, 0.2) is 53.4 Å². The highest BCUT2D eigenvalue weighted by atomic mass is 32.2. The molecule has 0 unspecified atom stereocenters. The Labute approximate surface area is 105 Å². The van der Waals surface area contributed by atoms with Crippen LogP contribution in [0.5, 0.6) is 0 Å². The van der Waals surface area contributed by atoms with Gasteiger partial charge in [0.1, 0.15) is 5.82 Å². The van der Waals surface area contributed by atoms with Gasteiger partial charge in [-0.15, -0.1) is 11.8 Å². The van der Waals surface area contributed by atoms with Crippen molar-refractivity contribution >= 4 is 11.8 Å². The lowest BCUT2D eigenvalue weighted by molar-refractivity contribution is 0.602. The van der Waals surface area contributed by atoms with E-state index in [4.69, 9.17) is 5.73 Å². The van der Waals surface area contributed by atoms with Gasteiger partial charge >= 0.3 is 0 Å². The van der Waals surface area contributed by atoms with Gasteiger partial charge in [0.05, 0.1) is 0 Å². The first kappa shape index (κ1) is 12.1. The van der Waals surface area contributed by atoms with E-state index >= 15 is 0 Å². The molecule has 2 aromatic rings. The summed E-state index contributed by atoms with van der Waals surface area (Å²) in [4.78, 5) is 0.680. The van der Waals surface area contributed by atoms with Crippen molar-refractivity contribution in [2.75, 3.05) is 0 Å². The van der Waals surface area contributed by atoms with Gasteiger partial charge in [-0.2, -0.15) is 0 Å². The number of halogens is 1. The van der Waals surface area contributed by atoms with Crippen LogP contribution in [-0.4, -0.2) is 0 Å². The zero-order valence-corrected chi connectivity index (χ0v) is 10.2. The molecule has 0 atom stereocenters. The van der Waals surface area contributed by atoms with Crippen molar-refractivity contribution in [2.24, 2.45) is 5.73 Å². The third kappa shape index (κ3) is 3.08. The molecule has 0 saturated carbocycles. The van der Waals surface area contributed by atoms with Crippen molar-refractivity contribution in [3.05, 3.63) is 65.5 Å². The van der Waals surface area contributed by atoms with E-state index in [0.29, 0.717) is 11.4 Å². The lowest BCUT2D eigenvalue weighted by Gasteiger charge is -2.07. The fourth-order valence-corrected chi connectivity index (χ4v) is 2.59. The van der Waals surface area contributed by atoms with Crippen molar-refractivity contribution in [1.29, 1.82) is 0 Å². The van der Waals surface area contributed by atoms with Crippen LogP contribution in [0.25, 0.3) is 0 Å². The van der Waals surface area contributed by atoms with Gasteiger partial charge in [-0.3, -0.25) is 0 Å². The van der Waals surface area contributed by atoms with Crippen molar-refractivity contribution in [1.82, 2.24) is 0 Å². The molecule has 3 heteroatoms. The predicted octanol–water partition coefficient (Wildman–Crippen LogP) is 3.58. The minimum atomic E-state index is -0.164. The van der Waals surface area contributed by atoms with Gasteiger partial charge in [0.15, 0.2) is 0 Å². The third-order valence-corrected chi connectivity index (χ3v) is 3.66. The normalized spacial score (nSPS) is 10.5. The molecule has 0 amide bonds. The fourth-order valence-electron chi connectivity index (χ4n) is 1.61. The summed E-state index contributed by atoms with van der Waals surface area (Å²) >= 11 is 1.50. The van der Waals surface area contributed by atoms with Crippen molar-refractivity contribution in [3.8, 4) is 0 Å². The lowest BCUT2D eigenvalue weighted by Crippen LogP contribution is -2.00. The van der Waals surface area contributed by atoms with Crippen LogP contribution < -0.4 is 5.73 Å². The summed E-state index contributed by atoms with van der Waals surface area (Å²) in [6, 6.07) is 14.8. The minimum absolute atomic E-state index is 0.164. The fraction of sp³-hybridized carbons (Fsp3) is 0.143. The second-order valence-electron chi connectivity index (χ2n) is 3.69. The molecule has 1 nitrogen and oxygen atoms in total. The van der Waals surface area contributed by atoms with Crippen LogP contribution in [0, 0.1) is 5.82 Å². The SMILES string of the molecule is NCc1ccccc1CSc1ccccc1F. The average Bonchev–Trinajstić information content (AvgIpc) is 2.38. The number of thioether (sulfide) groups is 1. The molecule has 0 saturated heterocycles. The van der Waals surface area contributed by atoms with Gasteiger partial charge in [0.25, 0.3) is 0 Å². The topological polar surface area (TPSA) is 26.0 Å². The zero-order chi connectivity index (χ0) is 12.1. The Bertz CT molecular complexity index is 499. The smallest absolute Gasteiger partial charge is 0.136 e. The molecule has 0 aliphatic carbocycles. The Morgan fingerprint density at radius 1 is 0.941 bits per heavy atom. The minimum Gasteiger partial charge on any atom is -0.326 e. The van der Waals surface area contributed by atoms with Gasteiger partial charge in [-0.1, -0.05) is 36.4 Å². The van der Waals surface area contributed by atoms with Crippen molar-refractivity contribution < 1.29 is 4.39 Å². The molecule has 2 aromatic carbocycles. The first-order valence-corrected chi connectivity index (χ1v) is 6.44. The summed E-state index contributed by atoms with van der Waals surface area (Å²) in [6.45, 7) is 0.522. The molecular weight excluding hydrogens is 233 g/mol. The molecule has 88 valence electrons. The molecule has 2 rings (SSSR count). The molecule has 0 fully saturated rings. The van der Waals surface area contributed by atoms with Gasteiger partial charge in [-0.25, -0.2) is 4.39 Å². The quantitative estimate of drug-likeness (QED) is 0.836. The average molecular weight is 247 g/mol. The van der Waals surface area contributed by atoms with E-state index in [1.165, 1.54) is 23.4 Å². The van der Waals surface area contributed by atoms with E-state index in [0.717, 1.165) is 11.3 Å². The summed E-state index contributed by atoms with van der Waals surface area (Å²) in [5.41, 5.74) is 7.96. The largest absolute Gasteiger partial charge is 0.326 e. The summed E-state index contributed by atoms with van der Waals surface area (Å²) in [6.07, 6.45) is 0. The van der Waals surface area contributed by atoms with E-state index in [-0.39, 0.29) is 5.82 Å². The van der Waals surface area contributed by atoms with Crippen molar-refractivity contribution in [2.45, 2.75) is 17.2 Å². The highest BCUT2D eigenvalue weighted by Gasteiger charge is 2.04. The Morgan fingerprint density at radius 2 is 1.59 bits per heavy atom. The lowest BCUT2D eigenvalue weighted by atomic mass is 10.1. The van der Waals surface area contributed by atoms with Crippen LogP contribution in [0.4, 0.5) is 4.39 Å². The summed E-state index contributed by atoms with van der Waals surface area (Å²) in [5, 5.41) is 0. The number of rotatable bonds is 4. The molecule has 0 aliphatic rings. The number of nitrogens with two attached hydrogens (primary N) is 1. The number of hydrogen-bond donors (Lipinski definition) is 1. The number of hydrogen-bond acceptors (Lipinski definition) is 2. The van der Waals surface area contributed by atoms with Crippen LogP contribution in [0.2, 0.25) is 0 Å². The Kier molecular flexibility index (Phi) is 4.18. The predicted molar refractivity (Wildman–Crippen MR) is 70.3 cm³/mol. The van der Waals surface area contributed by atoms with E-state index in [2.05, 4.69) is 0 Å². The van der Waals surface area contributed by atoms with E-state index in [9.17, 15) is 4.39 Å². The maximum absolute atomic E-state index is 13.4. The first-order chi connectivity index (χ1) is 8.31. The maximum Gasteiger partial charge on any atom is 0.136 e. The molecule has 2 N–H and O–H groups in total. The zero-order valence-electron chi connectivity index (χ0n) is 9.40. The van der Waals surface area contributed by atoms with Crippen LogP contribution in [-0.2, 0) is 12.3 Å². The Morgan fingerprint density at radius 3 is 2.29 bits per heavy atom. The monoisotopic (exact) mass is 247 g/mol. The van der Waals surface area contributed by atoms with E-state index in [1.807, 2.05) is 30.3 Å². The van der Waals surface area contributed by atoms with E-state index in [1.54, 1.807) is 12.1 Å². The van der Waals surface area contributed by atoms with Crippen LogP contribution in [0.3, 0.4) is 0 Å². The third-order valence-electron chi connectivity index (χ3n) is 2.56. The molecule has 0 aromatic heterocycles. The standard InChI is InChI=1S/C14H14FNS/c15-13-7-3-4-8-14(13)17-10-12-6-2-1-5-11(12)9-16/h1-8H,9-10,16H2. The molecule has 0 bridgehead atoms. The van der Waals surface area contributed by atoms with Gasteiger partial charge in [-0.05, 0) is 23.3 Å². The molecule has 0 aliphatic heterocycles. The molecular formula is C14H14FNS. The summed E-state index contributed by atoms with van der Waals surface area (Å²) in [7, 11) is 0. The van der Waals surface area contributed by atoms with E-state index < -0.39 is 0 Å². The first-order valence-electron chi connectivity index (χ1n) is 5.45. The Hall–Kier alpha value is -1.32. The highest BCUT2D eigenvalue weighted by Crippen LogP contribution is 2.26. The molecule has 0 spiro atoms. The molecule has 0 heterocycles. The molecule has 0 radical (unpaired) electrons. The Balaban J connectivity index is 2.10.